The highest BCUT2D eigenvalue weighted by molar-refractivity contribution is 7.12. The lowest BCUT2D eigenvalue weighted by Gasteiger charge is -2.12. The average molecular weight is 255 g/mol. The molecule has 0 atom stereocenters. The van der Waals surface area contributed by atoms with Crippen LogP contribution in [0.1, 0.15) is 28.1 Å². The monoisotopic (exact) mass is 255 g/mol. The Morgan fingerprint density at radius 3 is 2.82 bits per heavy atom. The summed E-state index contributed by atoms with van der Waals surface area (Å²) in [6.45, 7) is 0.353. The van der Waals surface area contributed by atoms with Crippen molar-refractivity contribution in [3.05, 3.63) is 21.9 Å². The minimum atomic E-state index is -1.04. The van der Waals surface area contributed by atoms with Gasteiger partial charge in [-0.1, -0.05) is 0 Å². The summed E-state index contributed by atoms with van der Waals surface area (Å²) in [6, 6.07) is 1.81. The molecule has 0 radical (unpaired) electrons. The number of aliphatic carboxylic acids is 1. The summed E-state index contributed by atoms with van der Waals surface area (Å²) in [7, 11) is 1.55. The number of hydrogen-bond acceptors (Lipinski definition) is 4. The van der Waals surface area contributed by atoms with Crippen molar-refractivity contribution in [2.45, 2.75) is 25.0 Å². The zero-order valence-electron chi connectivity index (χ0n) is 9.36. The zero-order chi connectivity index (χ0) is 12.5. The number of carboxylic acid groups (broad SMARTS) is 1. The number of carbonyl (C=O) groups is 2. The van der Waals surface area contributed by atoms with Gasteiger partial charge in [0, 0.05) is 12.7 Å². The molecule has 6 heteroatoms. The second-order valence-corrected chi connectivity index (χ2v) is 4.97. The first kappa shape index (κ1) is 12.1. The van der Waals surface area contributed by atoms with Gasteiger partial charge in [0.15, 0.2) is 0 Å². The Bertz CT molecular complexity index is 450. The number of carboxylic acids is 1. The van der Waals surface area contributed by atoms with E-state index in [1.807, 2.05) is 6.07 Å². The van der Waals surface area contributed by atoms with Gasteiger partial charge < -0.3 is 15.2 Å². The van der Waals surface area contributed by atoms with Gasteiger partial charge in [0.25, 0.3) is 5.91 Å². The van der Waals surface area contributed by atoms with E-state index in [2.05, 4.69) is 5.32 Å². The second kappa shape index (κ2) is 4.46. The average Bonchev–Trinajstić information content (AvgIpc) is 2.90. The van der Waals surface area contributed by atoms with E-state index in [0.29, 0.717) is 24.3 Å². The Kier molecular flexibility index (Phi) is 3.17. The first-order chi connectivity index (χ1) is 8.09. The van der Waals surface area contributed by atoms with Crippen LogP contribution in [0.2, 0.25) is 0 Å². The van der Waals surface area contributed by atoms with Gasteiger partial charge in [0.1, 0.15) is 5.54 Å². The topological polar surface area (TPSA) is 75.6 Å². The number of methoxy groups -OCH3 is 1. The second-order valence-electron chi connectivity index (χ2n) is 4.05. The maximum absolute atomic E-state index is 11.9. The lowest BCUT2D eigenvalue weighted by Crippen LogP contribution is -2.43. The van der Waals surface area contributed by atoms with E-state index in [9.17, 15) is 9.59 Å². The Morgan fingerprint density at radius 1 is 1.59 bits per heavy atom. The van der Waals surface area contributed by atoms with Crippen molar-refractivity contribution in [1.82, 2.24) is 5.32 Å². The summed E-state index contributed by atoms with van der Waals surface area (Å²) in [5.74, 6) is -1.29. The summed E-state index contributed by atoms with van der Waals surface area (Å²) in [6.07, 6.45) is 0.998. The molecular formula is C11H13NO4S. The zero-order valence-corrected chi connectivity index (χ0v) is 10.2. The fourth-order valence-electron chi connectivity index (χ4n) is 1.60. The van der Waals surface area contributed by atoms with Gasteiger partial charge in [-0.15, -0.1) is 11.3 Å². The van der Waals surface area contributed by atoms with Crippen LogP contribution in [0.3, 0.4) is 0 Å². The van der Waals surface area contributed by atoms with Crippen molar-refractivity contribution < 1.29 is 19.4 Å². The molecule has 1 heterocycles. The quantitative estimate of drug-likeness (QED) is 0.830. The third-order valence-corrected chi connectivity index (χ3v) is 3.72. The molecule has 1 amide bonds. The van der Waals surface area contributed by atoms with Crippen LogP contribution in [-0.2, 0) is 16.1 Å². The molecule has 0 spiro atoms. The van der Waals surface area contributed by atoms with Crippen LogP contribution in [0.25, 0.3) is 0 Å². The summed E-state index contributed by atoms with van der Waals surface area (Å²) < 4.78 is 4.98. The standard InChI is InChI=1S/C11H13NO4S/c1-16-6-7-2-5-17-8(7)9(13)12-11(3-4-11)10(14)15/h2,5H,3-4,6H2,1H3,(H,12,13)(H,14,15). The minimum Gasteiger partial charge on any atom is -0.480 e. The predicted molar refractivity (Wildman–Crippen MR) is 62.1 cm³/mol. The molecule has 1 aromatic rings. The minimum absolute atomic E-state index is 0.327. The molecule has 1 aliphatic rings. The Balaban J connectivity index is 2.10. The highest BCUT2D eigenvalue weighted by atomic mass is 32.1. The van der Waals surface area contributed by atoms with Crippen molar-refractivity contribution in [3.8, 4) is 0 Å². The molecule has 0 aliphatic heterocycles. The van der Waals surface area contributed by atoms with E-state index in [4.69, 9.17) is 9.84 Å². The fourth-order valence-corrected chi connectivity index (χ4v) is 2.40. The lowest BCUT2D eigenvalue weighted by atomic mass is 10.2. The van der Waals surface area contributed by atoms with Crippen molar-refractivity contribution in [3.63, 3.8) is 0 Å². The number of carbonyl (C=O) groups excluding carboxylic acids is 1. The molecule has 0 unspecified atom stereocenters. The number of amides is 1. The van der Waals surface area contributed by atoms with E-state index in [1.165, 1.54) is 11.3 Å². The first-order valence-corrected chi connectivity index (χ1v) is 6.08. The highest BCUT2D eigenvalue weighted by Crippen LogP contribution is 2.36. The van der Waals surface area contributed by atoms with Crippen LogP contribution in [0.15, 0.2) is 11.4 Å². The van der Waals surface area contributed by atoms with Crippen molar-refractivity contribution >= 4 is 23.2 Å². The molecule has 5 nitrogen and oxygen atoms in total. The highest BCUT2D eigenvalue weighted by Gasteiger charge is 2.51. The van der Waals surface area contributed by atoms with Gasteiger partial charge >= 0.3 is 5.97 Å². The Labute approximate surface area is 102 Å². The number of ether oxygens (including phenoxy) is 1. The third kappa shape index (κ3) is 2.32. The largest absolute Gasteiger partial charge is 0.480 e. The van der Waals surface area contributed by atoms with E-state index in [1.54, 1.807) is 12.5 Å². The maximum Gasteiger partial charge on any atom is 0.329 e. The fraction of sp³-hybridized carbons (Fsp3) is 0.455. The molecule has 0 bridgehead atoms. The molecule has 2 N–H and O–H groups in total. The number of thiophene rings is 1. The van der Waals surface area contributed by atoms with Crippen LogP contribution in [-0.4, -0.2) is 29.6 Å². The summed E-state index contributed by atoms with van der Waals surface area (Å²) in [5.41, 5.74) is -0.248. The van der Waals surface area contributed by atoms with E-state index < -0.39 is 11.5 Å². The molecule has 1 aromatic heterocycles. The normalized spacial score (nSPS) is 16.5. The predicted octanol–water partition coefficient (Wildman–Crippen LogP) is 1.24. The molecule has 1 aliphatic carbocycles. The van der Waals surface area contributed by atoms with Crippen molar-refractivity contribution in [2.75, 3.05) is 7.11 Å². The maximum atomic E-state index is 11.9. The molecule has 1 fully saturated rings. The third-order valence-electron chi connectivity index (χ3n) is 2.77. The molecule has 92 valence electrons. The van der Waals surface area contributed by atoms with E-state index in [0.717, 1.165) is 5.56 Å². The number of rotatable bonds is 5. The van der Waals surface area contributed by atoms with Crippen LogP contribution in [0.5, 0.6) is 0 Å². The van der Waals surface area contributed by atoms with Gasteiger partial charge in [-0.2, -0.15) is 0 Å². The smallest absolute Gasteiger partial charge is 0.329 e. The Hall–Kier alpha value is -1.40. The molecular weight excluding hydrogens is 242 g/mol. The summed E-state index contributed by atoms with van der Waals surface area (Å²) in [5, 5.41) is 13.4. The SMILES string of the molecule is COCc1ccsc1C(=O)NC1(C(=O)O)CC1. The summed E-state index contributed by atoms with van der Waals surface area (Å²) >= 11 is 1.29. The van der Waals surface area contributed by atoms with Gasteiger partial charge in [-0.05, 0) is 24.3 Å². The first-order valence-electron chi connectivity index (χ1n) is 5.20. The number of hydrogen-bond donors (Lipinski definition) is 2. The van der Waals surface area contributed by atoms with Crippen LogP contribution >= 0.6 is 11.3 Å². The van der Waals surface area contributed by atoms with Crippen molar-refractivity contribution in [2.24, 2.45) is 0 Å². The van der Waals surface area contributed by atoms with Crippen molar-refractivity contribution in [1.29, 1.82) is 0 Å². The summed E-state index contributed by atoms with van der Waals surface area (Å²) in [4.78, 5) is 23.4. The molecule has 2 rings (SSSR count). The molecule has 1 saturated carbocycles. The van der Waals surface area contributed by atoms with Gasteiger partial charge in [-0.25, -0.2) is 4.79 Å². The van der Waals surface area contributed by atoms with Gasteiger partial charge in [0.05, 0.1) is 11.5 Å². The lowest BCUT2D eigenvalue weighted by molar-refractivity contribution is -0.140. The molecule has 0 aromatic carbocycles. The molecule has 0 saturated heterocycles. The van der Waals surface area contributed by atoms with Crippen LogP contribution in [0.4, 0.5) is 0 Å². The van der Waals surface area contributed by atoms with Crippen LogP contribution in [0, 0.1) is 0 Å². The van der Waals surface area contributed by atoms with E-state index >= 15 is 0 Å². The Morgan fingerprint density at radius 2 is 2.29 bits per heavy atom. The van der Waals surface area contributed by atoms with Gasteiger partial charge in [-0.3, -0.25) is 4.79 Å². The van der Waals surface area contributed by atoms with E-state index in [-0.39, 0.29) is 5.91 Å². The van der Waals surface area contributed by atoms with Gasteiger partial charge in [0.2, 0.25) is 0 Å². The molecule has 17 heavy (non-hydrogen) atoms. The number of nitrogens with one attached hydrogen (secondary N) is 1. The van der Waals surface area contributed by atoms with Crippen LogP contribution < -0.4 is 5.32 Å².